The monoisotopic (exact) mass is 505 g/mol. The van der Waals surface area contributed by atoms with E-state index in [1.54, 1.807) is 13.8 Å². The molecule has 0 amide bonds. The number of esters is 1. The highest BCUT2D eigenvalue weighted by atomic mass is 35.5. The van der Waals surface area contributed by atoms with Crippen LogP contribution in [0.25, 0.3) is 11.4 Å². The molecule has 1 aliphatic rings. The van der Waals surface area contributed by atoms with Gasteiger partial charge in [-0.3, -0.25) is 14.2 Å². The maximum Gasteiger partial charge on any atom is 0.416 e. The summed E-state index contributed by atoms with van der Waals surface area (Å²) in [4.78, 5) is 29.7. The van der Waals surface area contributed by atoms with E-state index in [2.05, 4.69) is 10.3 Å². The molecule has 1 aromatic heterocycles. The number of nitrogens with one attached hydrogen (secondary N) is 1. The number of rotatable bonds is 5. The number of anilines is 1. The largest absolute Gasteiger partial charge is 0.460 e. The van der Waals surface area contributed by atoms with Gasteiger partial charge in [-0.15, -0.1) is 0 Å². The third-order valence-corrected chi connectivity index (χ3v) is 6.32. The van der Waals surface area contributed by atoms with Gasteiger partial charge in [0.2, 0.25) is 0 Å². The molecule has 0 fully saturated rings. The molecular formula is C25H23ClF3N3O3. The molecule has 1 N–H and O–H groups in total. The van der Waals surface area contributed by atoms with Gasteiger partial charge in [-0.2, -0.15) is 13.2 Å². The average molecular weight is 506 g/mol. The number of alkyl halides is 3. The first-order chi connectivity index (χ1) is 16.5. The normalized spacial score (nSPS) is 17.2. The van der Waals surface area contributed by atoms with Crippen LogP contribution in [0.3, 0.4) is 0 Å². The second kappa shape index (κ2) is 9.37. The molecule has 0 bridgehead atoms. The second-order valence-electron chi connectivity index (χ2n) is 8.31. The van der Waals surface area contributed by atoms with E-state index in [1.807, 2.05) is 24.3 Å². The Hall–Kier alpha value is -3.33. The van der Waals surface area contributed by atoms with Crippen LogP contribution in [0.5, 0.6) is 0 Å². The first kappa shape index (κ1) is 24.8. The summed E-state index contributed by atoms with van der Waals surface area (Å²) >= 11 is 6.19. The van der Waals surface area contributed by atoms with Crippen molar-refractivity contribution in [2.45, 2.75) is 52.1 Å². The SMILES string of the molecule is CCn1c(-c2ccc(C(F)(F)F)cc2Cl)nc(C)c(NC2c3ccccc3CC2OC(C)=O)c1=O. The molecule has 4 rings (SSSR count). The third-order valence-electron chi connectivity index (χ3n) is 6.00. The van der Waals surface area contributed by atoms with Gasteiger partial charge in [0, 0.05) is 25.5 Å². The lowest BCUT2D eigenvalue weighted by Crippen LogP contribution is -2.32. The van der Waals surface area contributed by atoms with Crippen LogP contribution in [0.2, 0.25) is 5.02 Å². The number of fused-ring (bicyclic) bond motifs is 1. The number of carbonyl (C=O) groups excluding carboxylic acids is 1. The van der Waals surface area contributed by atoms with Crippen LogP contribution < -0.4 is 10.9 Å². The molecule has 6 nitrogen and oxygen atoms in total. The molecule has 1 heterocycles. The molecule has 184 valence electrons. The number of benzene rings is 2. The summed E-state index contributed by atoms with van der Waals surface area (Å²) in [5.74, 6) is -0.259. The van der Waals surface area contributed by atoms with Gasteiger partial charge < -0.3 is 10.1 Å². The molecule has 10 heteroatoms. The van der Waals surface area contributed by atoms with Gasteiger partial charge in [0.05, 0.1) is 22.3 Å². The first-order valence-electron chi connectivity index (χ1n) is 11.0. The Labute approximate surface area is 204 Å². The lowest BCUT2D eigenvalue weighted by molar-refractivity contribution is -0.146. The lowest BCUT2D eigenvalue weighted by Gasteiger charge is -2.24. The van der Waals surface area contributed by atoms with E-state index < -0.39 is 35.4 Å². The highest BCUT2D eigenvalue weighted by molar-refractivity contribution is 6.33. The van der Waals surface area contributed by atoms with Crippen molar-refractivity contribution >= 4 is 23.3 Å². The van der Waals surface area contributed by atoms with Gasteiger partial charge >= 0.3 is 12.1 Å². The molecule has 0 aliphatic heterocycles. The number of halogens is 4. The zero-order chi connectivity index (χ0) is 25.5. The van der Waals surface area contributed by atoms with Gasteiger partial charge in [0.1, 0.15) is 17.6 Å². The molecular weight excluding hydrogens is 483 g/mol. The molecule has 0 saturated carbocycles. The smallest absolute Gasteiger partial charge is 0.416 e. The summed E-state index contributed by atoms with van der Waals surface area (Å²) in [6.45, 7) is 4.91. The van der Waals surface area contributed by atoms with Crippen LogP contribution in [0.15, 0.2) is 47.3 Å². The molecule has 2 unspecified atom stereocenters. The first-order valence-corrected chi connectivity index (χ1v) is 11.4. The Morgan fingerprint density at radius 2 is 1.97 bits per heavy atom. The number of hydrogen-bond acceptors (Lipinski definition) is 5. The standard InChI is InChI=1S/C25H23ClF3N3O3/c1-4-32-23(18-10-9-16(12-19(18)26)25(27,28)29)30-13(2)21(24(32)34)31-22-17-8-6-5-7-15(17)11-20(22)35-14(3)33/h5-10,12,20,22,31H,4,11H2,1-3H3. The van der Waals surface area contributed by atoms with Crippen molar-refractivity contribution in [3.8, 4) is 11.4 Å². The molecule has 0 saturated heterocycles. The van der Waals surface area contributed by atoms with Gasteiger partial charge in [-0.05, 0) is 43.2 Å². The number of aryl methyl sites for hydroxylation is 1. The second-order valence-corrected chi connectivity index (χ2v) is 8.72. The molecule has 1 aliphatic carbocycles. The van der Waals surface area contributed by atoms with E-state index in [0.717, 1.165) is 23.3 Å². The Kier molecular flexibility index (Phi) is 6.64. The van der Waals surface area contributed by atoms with E-state index in [9.17, 15) is 22.8 Å². The van der Waals surface area contributed by atoms with Crippen LogP contribution in [0, 0.1) is 6.92 Å². The topological polar surface area (TPSA) is 73.2 Å². The zero-order valence-electron chi connectivity index (χ0n) is 19.2. The molecule has 35 heavy (non-hydrogen) atoms. The number of carbonyl (C=O) groups is 1. The van der Waals surface area contributed by atoms with Crippen LogP contribution in [-0.4, -0.2) is 21.6 Å². The molecule has 3 aromatic rings. The fraction of sp³-hybridized carbons (Fsp3) is 0.320. The maximum absolute atomic E-state index is 13.5. The zero-order valence-corrected chi connectivity index (χ0v) is 20.0. The quantitative estimate of drug-likeness (QED) is 0.460. The number of nitrogens with zero attached hydrogens (tertiary/aromatic N) is 2. The Bertz CT molecular complexity index is 1350. The minimum atomic E-state index is -4.54. The van der Waals surface area contributed by atoms with Gasteiger partial charge in [-0.25, -0.2) is 4.98 Å². The molecule has 0 radical (unpaired) electrons. The highest BCUT2D eigenvalue weighted by Gasteiger charge is 2.36. The van der Waals surface area contributed by atoms with Crippen molar-refractivity contribution < 1.29 is 22.7 Å². The maximum atomic E-state index is 13.5. The molecule has 2 aromatic carbocycles. The van der Waals surface area contributed by atoms with Crippen molar-refractivity contribution in [2.75, 3.05) is 5.32 Å². The summed E-state index contributed by atoms with van der Waals surface area (Å²) in [5, 5.41) is 3.07. The van der Waals surface area contributed by atoms with Crippen LogP contribution in [-0.2, 0) is 28.7 Å². The minimum Gasteiger partial charge on any atom is -0.460 e. The fourth-order valence-electron chi connectivity index (χ4n) is 4.41. The van der Waals surface area contributed by atoms with Crippen molar-refractivity contribution in [1.29, 1.82) is 0 Å². The number of hydrogen-bond donors (Lipinski definition) is 1. The molecule has 2 atom stereocenters. The lowest BCUT2D eigenvalue weighted by atomic mass is 10.1. The Morgan fingerprint density at radius 1 is 1.26 bits per heavy atom. The third kappa shape index (κ3) is 4.77. The summed E-state index contributed by atoms with van der Waals surface area (Å²) in [5.41, 5.74) is 1.41. The molecule has 0 spiro atoms. The van der Waals surface area contributed by atoms with Gasteiger partial charge in [0.25, 0.3) is 5.56 Å². The van der Waals surface area contributed by atoms with E-state index in [0.29, 0.717) is 12.1 Å². The van der Waals surface area contributed by atoms with Crippen LogP contribution >= 0.6 is 11.6 Å². The predicted molar refractivity (Wildman–Crippen MR) is 126 cm³/mol. The van der Waals surface area contributed by atoms with Gasteiger partial charge in [0.15, 0.2) is 0 Å². The Balaban J connectivity index is 1.77. The van der Waals surface area contributed by atoms with E-state index in [1.165, 1.54) is 17.6 Å². The summed E-state index contributed by atoms with van der Waals surface area (Å²) < 4.78 is 46.1. The van der Waals surface area contributed by atoms with Crippen molar-refractivity contribution in [3.05, 3.63) is 80.2 Å². The predicted octanol–water partition coefficient (Wildman–Crippen LogP) is 5.55. The van der Waals surface area contributed by atoms with Crippen molar-refractivity contribution in [3.63, 3.8) is 0 Å². The highest BCUT2D eigenvalue weighted by Crippen LogP contribution is 2.37. The van der Waals surface area contributed by atoms with E-state index in [4.69, 9.17) is 16.3 Å². The summed E-state index contributed by atoms with van der Waals surface area (Å²) in [6.07, 6.45) is -4.55. The minimum absolute atomic E-state index is 0.159. The Morgan fingerprint density at radius 3 is 2.60 bits per heavy atom. The van der Waals surface area contributed by atoms with E-state index >= 15 is 0 Å². The average Bonchev–Trinajstić information content (AvgIpc) is 3.11. The van der Waals surface area contributed by atoms with E-state index in [-0.39, 0.29) is 28.6 Å². The van der Waals surface area contributed by atoms with Crippen LogP contribution in [0.4, 0.5) is 18.9 Å². The van der Waals surface area contributed by atoms with Gasteiger partial charge in [-0.1, -0.05) is 35.9 Å². The van der Waals surface area contributed by atoms with Crippen molar-refractivity contribution in [1.82, 2.24) is 9.55 Å². The summed E-state index contributed by atoms with van der Waals surface area (Å²) in [7, 11) is 0. The summed E-state index contributed by atoms with van der Waals surface area (Å²) in [6, 6.07) is 10.1. The number of ether oxygens (including phenoxy) is 1. The fourth-order valence-corrected chi connectivity index (χ4v) is 4.67. The van der Waals surface area contributed by atoms with Crippen LogP contribution in [0.1, 0.15) is 42.3 Å². The van der Waals surface area contributed by atoms with Crippen molar-refractivity contribution in [2.24, 2.45) is 0 Å². The number of aromatic nitrogens is 2.